The standard InChI is InChI=1S/C16H30N2O3/c1-6-11(2)13(14(19)20)17-15(21)18(5)12-7-9-16(3,4)10-8-12/h11-13H,6-10H2,1-5H3,(H,17,21)(H,19,20)/t11?,13-/m0/s1. The number of amides is 2. The van der Waals surface area contributed by atoms with Crippen molar-refractivity contribution in [3.63, 3.8) is 0 Å². The molecule has 0 aromatic carbocycles. The molecule has 1 rings (SSSR count). The van der Waals surface area contributed by atoms with Gasteiger partial charge in [0.05, 0.1) is 0 Å². The molecule has 1 aliphatic carbocycles. The van der Waals surface area contributed by atoms with E-state index in [4.69, 9.17) is 0 Å². The van der Waals surface area contributed by atoms with E-state index in [1.807, 2.05) is 13.8 Å². The third-order valence-corrected chi connectivity index (χ3v) is 4.93. The molecular formula is C16H30N2O3. The smallest absolute Gasteiger partial charge is 0.326 e. The van der Waals surface area contributed by atoms with Crippen molar-refractivity contribution in [3.8, 4) is 0 Å². The summed E-state index contributed by atoms with van der Waals surface area (Å²) in [6.07, 6.45) is 4.89. The highest BCUT2D eigenvalue weighted by atomic mass is 16.4. The summed E-state index contributed by atoms with van der Waals surface area (Å²) < 4.78 is 0. The fourth-order valence-electron chi connectivity index (χ4n) is 2.86. The van der Waals surface area contributed by atoms with Gasteiger partial charge in [-0.05, 0) is 37.0 Å². The van der Waals surface area contributed by atoms with Gasteiger partial charge in [-0.2, -0.15) is 0 Å². The summed E-state index contributed by atoms with van der Waals surface area (Å²) in [6, 6.07) is -0.873. The summed E-state index contributed by atoms with van der Waals surface area (Å²) in [5.41, 5.74) is 0.355. The second-order valence-electron chi connectivity index (χ2n) is 7.16. The summed E-state index contributed by atoms with van der Waals surface area (Å²) >= 11 is 0. The molecule has 0 aromatic rings. The molecule has 1 unspecified atom stereocenters. The minimum Gasteiger partial charge on any atom is -0.480 e. The lowest BCUT2D eigenvalue weighted by Crippen LogP contribution is -2.52. The Morgan fingerprint density at radius 3 is 2.29 bits per heavy atom. The molecule has 2 N–H and O–H groups in total. The molecule has 2 atom stereocenters. The number of rotatable bonds is 5. The Bertz CT molecular complexity index is 372. The van der Waals surface area contributed by atoms with Gasteiger partial charge in [-0.25, -0.2) is 9.59 Å². The molecule has 0 heterocycles. The molecule has 0 bridgehead atoms. The molecule has 0 spiro atoms. The van der Waals surface area contributed by atoms with Crippen LogP contribution >= 0.6 is 0 Å². The van der Waals surface area contributed by atoms with Gasteiger partial charge in [-0.1, -0.05) is 34.1 Å². The van der Waals surface area contributed by atoms with Gasteiger partial charge in [0.15, 0.2) is 0 Å². The van der Waals surface area contributed by atoms with Crippen LogP contribution in [-0.4, -0.2) is 41.1 Å². The van der Waals surface area contributed by atoms with E-state index in [-0.39, 0.29) is 18.0 Å². The number of aliphatic carboxylic acids is 1. The first-order valence-corrected chi connectivity index (χ1v) is 7.94. The van der Waals surface area contributed by atoms with Gasteiger partial charge in [0.1, 0.15) is 6.04 Å². The van der Waals surface area contributed by atoms with Crippen molar-refractivity contribution < 1.29 is 14.7 Å². The molecule has 0 radical (unpaired) electrons. The molecule has 1 saturated carbocycles. The van der Waals surface area contributed by atoms with E-state index in [2.05, 4.69) is 19.2 Å². The minimum absolute atomic E-state index is 0.0786. The van der Waals surface area contributed by atoms with E-state index in [0.29, 0.717) is 5.41 Å². The number of carbonyl (C=O) groups is 2. The van der Waals surface area contributed by atoms with Gasteiger partial charge in [-0.15, -0.1) is 0 Å². The van der Waals surface area contributed by atoms with Crippen molar-refractivity contribution in [2.45, 2.75) is 71.9 Å². The van der Waals surface area contributed by atoms with Crippen molar-refractivity contribution in [3.05, 3.63) is 0 Å². The van der Waals surface area contributed by atoms with Gasteiger partial charge in [0, 0.05) is 13.1 Å². The molecule has 2 amide bonds. The van der Waals surface area contributed by atoms with Crippen LogP contribution in [0.5, 0.6) is 0 Å². The summed E-state index contributed by atoms with van der Waals surface area (Å²) in [4.78, 5) is 25.3. The highest BCUT2D eigenvalue weighted by Crippen LogP contribution is 2.36. The first kappa shape index (κ1) is 17.8. The van der Waals surface area contributed by atoms with Crippen LogP contribution in [0.3, 0.4) is 0 Å². The number of nitrogens with zero attached hydrogens (tertiary/aromatic N) is 1. The molecule has 21 heavy (non-hydrogen) atoms. The summed E-state index contributed by atoms with van der Waals surface area (Å²) in [5.74, 6) is -1.04. The molecule has 1 fully saturated rings. The van der Waals surface area contributed by atoms with E-state index in [1.54, 1.807) is 11.9 Å². The second kappa shape index (κ2) is 7.14. The SMILES string of the molecule is CCC(C)[C@H](NC(=O)N(C)C1CCC(C)(C)CC1)C(=O)O. The van der Waals surface area contributed by atoms with Crippen LogP contribution in [0.2, 0.25) is 0 Å². The highest BCUT2D eigenvalue weighted by molar-refractivity contribution is 5.82. The zero-order valence-corrected chi connectivity index (χ0v) is 14.0. The number of hydrogen-bond acceptors (Lipinski definition) is 2. The average molecular weight is 298 g/mol. The van der Waals surface area contributed by atoms with Gasteiger partial charge < -0.3 is 15.3 Å². The monoisotopic (exact) mass is 298 g/mol. The summed E-state index contributed by atoms with van der Waals surface area (Å²) in [7, 11) is 1.77. The Morgan fingerprint density at radius 2 is 1.86 bits per heavy atom. The van der Waals surface area contributed by atoms with Gasteiger partial charge >= 0.3 is 12.0 Å². The van der Waals surface area contributed by atoms with Crippen molar-refractivity contribution in [1.29, 1.82) is 0 Å². The van der Waals surface area contributed by atoms with E-state index in [9.17, 15) is 14.7 Å². The lowest BCUT2D eigenvalue weighted by Gasteiger charge is -2.39. The van der Waals surface area contributed by atoms with Gasteiger partial charge in [0.25, 0.3) is 0 Å². The number of hydrogen-bond donors (Lipinski definition) is 2. The Labute approximate surface area is 128 Å². The van der Waals surface area contributed by atoms with Gasteiger partial charge in [-0.3, -0.25) is 0 Å². The molecule has 0 aromatic heterocycles. The van der Waals surface area contributed by atoms with Crippen molar-refractivity contribution >= 4 is 12.0 Å². The quantitative estimate of drug-likeness (QED) is 0.819. The largest absolute Gasteiger partial charge is 0.480 e. The topological polar surface area (TPSA) is 69.6 Å². The lowest BCUT2D eigenvalue weighted by molar-refractivity contribution is -0.140. The summed E-state index contributed by atoms with van der Waals surface area (Å²) in [6.45, 7) is 8.29. The number of carboxylic acid groups (broad SMARTS) is 1. The number of urea groups is 1. The van der Waals surface area contributed by atoms with Crippen LogP contribution < -0.4 is 5.32 Å². The van der Waals surface area contributed by atoms with Crippen LogP contribution in [0.15, 0.2) is 0 Å². The normalized spacial score (nSPS) is 21.4. The van der Waals surface area contributed by atoms with Crippen molar-refractivity contribution in [2.24, 2.45) is 11.3 Å². The maximum atomic E-state index is 12.3. The van der Waals surface area contributed by atoms with E-state index in [1.165, 1.54) is 0 Å². The van der Waals surface area contributed by atoms with Crippen LogP contribution in [0.4, 0.5) is 4.79 Å². The first-order valence-electron chi connectivity index (χ1n) is 7.94. The predicted molar refractivity (Wildman–Crippen MR) is 83.2 cm³/mol. The zero-order chi connectivity index (χ0) is 16.2. The van der Waals surface area contributed by atoms with Crippen LogP contribution in [0.1, 0.15) is 59.8 Å². The molecule has 5 nitrogen and oxygen atoms in total. The zero-order valence-electron chi connectivity index (χ0n) is 14.0. The fourth-order valence-corrected chi connectivity index (χ4v) is 2.86. The average Bonchev–Trinajstić information content (AvgIpc) is 2.42. The molecular weight excluding hydrogens is 268 g/mol. The number of nitrogens with one attached hydrogen (secondary N) is 1. The number of carbonyl (C=O) groups excluding carboxylic acids is 1. The summed E-state index contributed by atoms with van der Waals surface area (Å²) in [5, 5.41) is 11.9. The van der Waals surface area contributed by atoms with E-state index >= 15 is 0 Å². The Kier molecular flexibility index (Phi) is 6.05. The predicted octanol–water partition coefficient (Wildman–Crippen LogP) is 3.10. The molecule has 0 aliphatic heterocycles. The van der Waals surface area contributed by atoms with Gasteiger partial charge in [0.2, 0.25) is 0 Å². The van der Waals surface area contributed by atoms with E-state index in [0.717, 1.165) is 32.1 Å². The first-order chi connectivity index (χ1) is 9.68. The fraction of sp³-hybridized carbons (Fsp3) is 0.875. The highest BCUT2D eigenvalue weighted by Gasteiger charge is 2.32. The maximum Gasteiger partial charge on any atom is 0.326 e. The van der Waals surface area contributed by atoms with Crippen LogP contribution in [-0.2, 0) is 4.79 Å². The van der Waals surface area contributed by atoms with Crippen molar-refractivity contribution in [2.75, 3.05) is 7.05 Å². The Morgan fingerprint density at radius 1 is 1.33 bits per heavy atom. The molecule has 0 saturated heterocycles. The third kappa shape index (κ3) is 4.90. The molecule has 1 aliphatic rings. The number of carboxylic acids is 1. The Hall–Kier alpha value is -1.26. The second-order valence-corrected chi connectivity index (χ2v) is 7.16. The maximum absolute atomic E-state index is 12.3. The molecule has 122 valence electrons. The van der Waals surface area contributed by atoms with Crippen LogP contribution in [0.25, 0.3) is 0 Å². The third-order valence-electron chi connectivity index (χ3n) is 4.93. The van der Waals surface area contributed by atoms with Crippen molar-refractivity contribution in [1.82, 2.24) is 10.2 Å². The lowest BCUT2D eigenvalue weighted by atomic mass is 9.75. The van der Waals surface area contributed by atoms with Crippen LogP contribution in [0, 0.1) is 11.3 Å². The minimum atomic E-state index is -0.962. The molecule has 5 heteroatoms. The Balaban J connectivity index is 2.60. The van der Waals surface area contributed by atoms with E-state index < -0.39 is 12.0 Å².